The number of rotatable bonds is 4. The van der Waals surface area contributed by atoms with Gasteiger partial charge in [0.15, 0.2) is 0 Å². The van der Waals surface area contributed by atoms with E-state index in [4.69, 9.17) is 0 Å². The quantitative estimate of drug-likeness (QED) is 0.751. The van der Waals surface area contributed by atoms with Crippen molar-refractivity contribution in [2.24, 2.45) is 0 Å². The smallest absolute Gasteiger partial charge is 0.251 e. The van der Waals surface area contributed by atoms with Gasteiger partial charge in [-0.2, -0.15) is 0 Å². The fourth-order valence-electron chi connectivity index (χ4n) is 2.05. The molecule has 0 fully saturated rings. The van der Waals surface area contributed by atoms with Gasteiger partial charge in [-0.05, 0) is 42.1 Å². The van der Waals surface area contributed by atoms with Gasteiger partial charge in [0.05, 0.1) is 0 Å². The Bertz CT molecular complexity index is 685. The van der Waals surface area contributed by atoms with Crippen LogP contribution in [0.5, 0.6) is 0 Å². The third-order valence-electron chi connectivity index (χ3n) is 3.05. The molecule has 0 aliphatic carbocycles. The molecular formula is C15H14N2OS. The van der Waals surface area contributed by atoms with Gasteiger partial charge in [-0.1, -0.05) is 6.07 Å². The summed E-state index contributed by atoms with van der Waals surface area (Å²) in [6, 6.07) is 11.8. The number of amides is 1. The van der Waals surface area contributed by atoms with E-state index < -0.39 is 0 Å². The Kier molecular flexibility index (Phi) is 3.33. The highest BCUT2D eigenvalue weighted by Crippen LogP contribution is 2.14. The van der Waals surface area contributed by atoms with Crippen LogP contribution in [0.3, 0.4) is 0 Å². The maximum atomic E-state index is 12.0. The van der Waals surface area contributed by atoms with Crippen LogP contribution in [0, 0.1) is 0 Å². The van der Waals surface area contributed by atoms with Crippen molar-refractivity contribution in [2.45, 2.75) is 6.42 Å². The molecule has 2 heterocycles. The molecule has 3 nitrogen and oxygen atoms in total. The summed E-state index contributed by atoms with van der Waals surface area (Å²) in [6.07, 6.45) is 2.76. The van der Waals surface area contributed by atoms with E-state index in [1.165, 1.54) is 4.88 Å². The first-order chi connectivity index (χ1) is 9.33. The number of aromatic amines is 1. The second-order valence-corrected chi connectivity index (χ2v) is 5.40. The maximum absolute atomic E-state index is 12.0. The minimum Gasteiger partial charge on any atom is -0.361 e. The molecular weight excluding hydrogens is 256 g/mol. The predicted octanol–water partition coefficient (Wildman–Crippen LogP) is 3.20. The average Bonchev–Trinajstić information content (AvgIpc) is 3.08. The second kappa shape index (κ2) is 5.28. The topological polar surface area (TPSA) is 44.9 Å². The van der Waals surface area contributed by atoms with Crippen LogP contribution in [0.25, 0.3) is 10.9 Å². The van der Waals surface area contributed by atoms with Crippen LogP contribution in [-0.2, 0) is 6.42 Å². The molecule has 0 aliphatic heterocycles. The zero-order valence-electron chi connectivity index (χ0n) is 10.3. The number of hydrogen-bond acceptors (Lipinski definition) is 2. The number of fused-ring (bicyclic) bond motifs is 1. The van der Waals surface area contributed by atoms with E-state index in [0.717, 1.165) is 17.3 Å². The molecule has 0 saturated heterocycles. The first-order valence-corrected chi connectivity index (χ1v) is 7.08. The monoisotopic (exact) mass is 270 g/mol. The summed E-state index contributed by atoms with van der Waals surface area (Å²) in [4.78, 5) is 16.4. The molecule has 3 rings (SSSR count). The zero-order valence-corrected chi connectivity index (χ0v) is 11.2. The molecule has 0 radical (unpaired) electrons. The molecule has 0 bridgehead atoms. The Morgan fingerprint density at radius 2 is 2.21 bits per heavy atom. The minimum absolute atomic E-state index is 0.0142. The molecule has 0 atom stereocenters. The SMILES string of the molecule is O=C(NCCc1cccs1)c1ccc2[nH]ccc2c1. The zero-order chi connectivity index (χ0) is 13.1. The van der Waals surface area contributed by atoms with Gasteiger partial charge < -0.3 is 10.3 Å². The number of carbonyl (C=O) groups is 1. The van der Waals surface area contributed by atoms with E-state index in [9.17, 15) is 4.79 Å². The van der Waals surface area contributed by atoms with Gasteiger partial charge in [0.1, 0.15) is 0 Å². The highest BCUT2D eigenvalue weighted by Gasteiger charge is 2.06. The Morgan fingerprint density at radius 1 is 1.26 bits per heavy atom. The van der Waals surface area contributed by atoms with E-state index in [1.54, 1.807) is 11.3 Å². The van der Waals surface area contributed by atoms with E-state index >= 15 is 0 Å². The fraction of sp³-hybridized carbons (Fsp3) is 0.133. The summed E-state index contributed by atoms with van der Waals surface area (Å²) in [5, 5.41) is 6.07. The number of thiophene rings is 1. The van der Waals surface area contributed by atoms with Crippen LogP contribution >= 0.6 is 11.3 Å². The van der Waals surface area contributed by atoms with Gasteiger partial charge in [-0.25, -0.2) is 0 Å². The molecule has 3 aromatic rings. The van der Waals surface area contributed by atoms with Crippen molar-refractivity contribution in [2.75, 3.05) is 6.54 Å². The first-order valence-electron chi connectivity index (χ1n) is 6.21. The van der Waals surface area contributed by atoms with Crippen molar-refractivity contribution in [1.82, 2.24) is 10.3 Å². The van der Waals surface area contributed by atoms with Crippen LogP contribution in [0.4, 0.5) is 0 Å². The van der Waals surface area contributed by atoms with Gasteiger partial charge in [-0.15, -0.1) is 11.3 Å². The third-order valence-corrected chi connectivity index (χ3v) is 3.99. The molecule has 1 amide bonds. The molecule has 4 heteroatoms. The van der Waals surface area contributed by atoms with E-state index in [-0.39, 0.29) is 5.91 Å². The molecule has 1 aromatic carbocycles. The van der Waals surface area contributed by atoms with Crippen LogP contribution in [0.2, 0.25) is 0 Å². The molecule has 0 unspecified atom stereocenters. The van der Waals surface area contributed by atoms with Crippen LogP contribution < -0.4 is 5.32 Å². The third kappa shape index (κ3) is 2.69. The van der Waals surface area contributed by atoms with Crippen molar-refractivity contribution in [3.8, 4) is 0 Å². The fourth-order valence-corrected chi connectivity index (χ4v) is 2.76. The number of hydrogen-bond donors (Lipinski definition) is 2. The van der Waals surface area contributed by atoms with Crippen LogP contribution in [0.1, 0.15) is 15.2 Å². The highest BCUT2D eigenvalue weighted by atomic mass is 32.1. The summed E-state index contributed by atoms with van der Waals surface area (Å²) >= 11 is 1.72. The second-order valence-electron chi connectivity index (χ2n) is 4.36. The van der Waals surface area contributed by atoms with Crippen molar-refractivity contribution >= 4 is 28.1 Å². The summed E-state index contributed by atoms with van der Waals surface area (Å²) in [5.74, 6) is -0.0142. The Balaban J connectivity index is 1.63. The van der Waals surface area contributed by atoms with E-state index in [0.29, 0.717) is 12.1 Å². The van der Waals surface area contributed by atoms with Crippen LogP contribution in [0.15, 0.2) is 48.0 Å². The molecule has 0 aliphatic rings. The molecule has 2 N–H and O–H groups in total. The minimum atomic E-state index is -0.0142. The lowest BCUT2D eigenvalue weighted by molar-refractivity contribution is 0.0954. The highest BCUT2D eigenvalue weighted by molar-refractivity contribution is 7.09. The average molecular weight is 270 g/mol. The number of benzene rings is 1. The molecule has 96 valence electrons. The largest absolute Gasteiger partial charge is 0.361 e. The summed E-state index contributed by atoms with van der Waals surface area (Å²) in [7, 11) is 0. The Labute approximate surface area is 115 Å². The lowest BCUT2D eigenvalue weighted by Crippen LogP contribution is -2.25. The Hall–Kier alpha value is -2.07. The summed E-state index contributed by atoms with van der Waals surface area (Å²) < 4.78 is 0. The van der Waals surface area contributed by atoms with Gasteiger partial charge in [0.2, 0.25) is 0 Å². The number of nitrogens with one attached hydrogen (secondary N) is 2. The molecule has 2 aromatic heterocycles. The number of aromatic nitrogens is 1. The molecule has 0 saturated carbocycles. The van der Waals surface area contributed by atoms with Crippen molar-refractivity contribution in [1.29, 1.82) is 0 Å². The van der Waals surface area contributed by atoms with Gasteiger partial charge in [-0.3, -0.25) is 4.79 Å². The molecule has 19 heavy (non-hydrogen) atoms. The summed E-state index contributed by atoms with van der Waals surface area (Å²) in [5.41, 5.74) is 1.76. The first kappa shape index (κ1) is 12.0. The van der Waals surface area contributed by atoms with E-state index in [1.807, 2.05) is 36.5 Å². The Morgan fingerprint density at radius 3 is 3.05 bits per heavy atom. The van der Waals surface area contributed by atoms with Gasteiger partial charge in [0.25, 0.3) is 5.91 Å². The van der Waals surface area contributed by atoms with E-state index in [2.05, 4.69) is 21.7 Å². The summed E-state index contributed by atoms with van der Waals surface area (Å²) in [6.45, 7) is 0.671. The lowest BCUT2D eigenvalue weighted by atomic mass is 10.1. The van der Waals surface area contributed by atoms with Crippen LogP contribution in [-0.4, -0.2) is 17.4 Å². The van der Waals surface area contributed by atoms with Crippen molar-refractivity contribution in [3.05, 3.63) is 58.4 Å². The standard InChI is InChI=1S/C15H14N2OS/c18-15(17-8-6-13-2-1-9-19-13)12-3-4-14-11(10-12)5-7-16-14/h1-5,7,9-10,16H,6,8H2,(H,17,18). The molecule has 0 spiro atoms. The van der Waals surface area contributed by atoms with Crippen molar-refractivity contribution in [3.63, 3.8) is 0 Å². The van der Waals surface area contributed by atoms with Gasteiger partial charge in [0, 0.05) is 34.1 Å². The normalized spacial score (nSPS) is 10.7. The predicted molar refractivity (Wildman–Crippen MR) is 78.7 cm³/mol. The number of H-pyrrole nitrogens is 1. The number of carbonyl (C=O) groups excluding carboxylic acids is 1. The van der Waals surface area contributed by atoms with Crippen molar-refractivity contribution < 1.29 is 4.79 Å². The van der Waals surface area contributed by atoms with Gasteiger partial charge >= 0.3 is 0 Å². The maximum Gasteiger partial charge on any atom is 0.251 e. The lowest BCUT2D eigenvalue weighted by Gasteiger charge is -2.04.